The first-order chi connectivity index (χ1) is 12.6. The van der Waals surface area contributed by atoms with Crippen molar-refractivity contribution >= 4 is 24.2 Å². The molecule has 150 valence electrons. The molecule has 1 aromatic rings. The van der Waals surface area contributed by atoms with Crippen LogP contribution in [0.2, 0.25) is 0 Å². The van der Waals surface area contributed by atoms with Gasteiger partial charge >= 0.3 is 0 Å². The lowest BCUT2D eigenvalue weighted by molar-refractivity contribution is -0.135. The standard InChI is InChI=1S/C19H26FN3O3.ClH/c20-15-5-1-6-16(10-15)26-13-18(24)23-9-3-4-14(12-23)11-22-19(25)17-7-2-8-21-17;/h1,5-6,10,14,17,21H,2-4,7-9,11-13H2,(H,22,25);1H. The molecule has 2 heterocycles. The molecule has 2 N–H and O–H groups in total. The Kier molecular flexibility index (Phi) is 8.31. The highest BCUT2D eigenvalue weighted by atomic mass is 35.5. The molecule has 2 saturated heterocycles. The van der Waals surface area contributed by atoms with Gasteiger partial charge in [-0.25, -0.2) is 4.39 Å². The molecule has 0 bridgehead atoms. The summed E-state index contributed by atoms with van der Waals surface area (Å²) in [5, 5.41) is 6.19. The first-order valence-corrected chi connectivity index (χ1v) is 9.29. The van der Waals surface area contributed by atoms with Gasteiger partial charge in [-0.05, 0) is 50.3 Å². The van der Waals surface area contributed by atoms with E-state index in [4.69, 9.17) is 4.74 Å². The van der Waals surface area contributed by atoms with Crippen molar-refractivity contribution in [2.45, 2.75) is 31.7 Å². The van der Waals surface area contributed by atoms with Crippen molar-refractivity contribution in [3.05, 3.63) is 30.1 Å². The number of hydrogen-bond donors (Lipinski definition) is 2. The molecule has 2 fully saturated rings. The van der Waals surface area contributed by atoms with Crippen LogP contribution in [0.25, 0.3) is 0 Å². The minimum Gasteiger partial charge on any atom is -0.484 e. The van der Waals surface area contributed by atoms with Crippen LogP contribution in [0.4, 0.5) is 4.39 Å². The Bertz CT molecular complexity index is 640. The fourth-order valence-electron chi connectivity index (χ4n) is 3.53. The number of carbonyl (C=O) groups excluding carboxylic acids is 2. The summed E-state index contributed by atoms with van der Waals surface area (Å²) in [5.74, 6) is 0.166. The van der Waals surface area contributed by atoms with Crippen LogP contribution in [-0.2, 0) is 9.59 Å². The van der Waals surface area contributed by atoms with Gasteiger partial charge in [-0.1, -0.05) is 6.07 Å². The average Bonchev–Trinajstić information content (AvgIpc) is 3.19. The molecule has 0 saturated carbocycles. The number of nitrogens with one attached hydrogen (secondary N) is 2. The molecule has 2 amide bonds. The third-order valence-corrected chi connectivity index (χ3v) is 4.97. The van der Waals surface area contributed by atoms with E-state index in [9.17, 15) is 14.0 Å². The van der Waals surface area contributed by atoms with Crippen LogP contribution in [-0.4, -0.2) is 55.5 Å². The van der Waals surface area contributed by atoms with E-state index in [1.54, 1.807) is 17.0 Å². The van der Waals surface area contributed by atoms with Crippen molar-refractivity contribution in [1.29, 1.82) is 0 Å². The summed E-state index contributed by atoms with van der Waals surface area (Å²) in [6.07, 6.45) is 3.83. The average molecular weight is 400 g/mol. The predicted octanol–water partition coefficient (Wildman–Crippen LogP) is 1.73. The monoisotopic (exact) mass is 399 g/mol. The second kappa shape index (κ2) is 10.5. The quantitative estimate of drug-likeness (QED) is 0.764. The van der Waals surface area contributed by atoms with Crippen LogP contribution in [0.1, 0.15) is 25.7 Å². The highest BCUT2D eigenvalue weighted by molar-refractivity contribution is 5.85. The maximum absolute atomic E-state index is 13.1. The zero-order chi connectivity index (χ0) is 18.4. The number of ether oxygens (including phenoxy) is 1. The van der Waals surface area contributed by atoms with Crippen molar-refractivity contribution in [1.82, 2.24) is 15.5 Å². The van der Waals surface area contributed by atoms with Crippen LogP contribution in [0.3, 0.4) is 0 Å². The number of nitrogens with zero attached hydrogens (tertiary/aromatic N) is 1. The molecular weight excluding hydrogens is 373 g/mol. The second-order valence-corrected chi connectivity index (χ2v) is 6.99. The van der Waals surface area contributed by atoms with Gasteiger partial charge in [0.2, 0.25) is 5.91 Å². The molecule has 6 nitrogen and oxygen atoms in total. The highest BCUT2D eigenvalue weighted by Crippen LogP contribution is 2.17. The maximum atomic E-state index is 13.1. The van der Waals surface area contributed by atoms with Crippen molar-refractivity contribution in [2.24, 2.45) is 5.92 Å². The molecule has 8 heteroatoms. The van der Waals surface area contributed by atoms with Gasteiger partial charge in [-0.2, -0.15) is 0 Å². The number of amides is 2. The molecule has 27 heavy (non-hydrogen) atoms. The Hall–Kier alpha value is -1.86. The van der Waals surface area contributed by atoms with Crippen molar-refractivity contribution in [3.8, 4) is 5.75 Å². The van der Waals surface area contributed by atoms with Gasteiger partial charge in [-0.3, -0.25) is 9.59 Å². The Morgan fingerprint density at radius 3 is 2.89 bits per heavy atom. The SMILES string of the molecule is Cl.O=C(NCC1CCCN(C(=O)COc2cccc(F)c2)C1)C1CCCN1. The molecule has 3 rings (SSSR count). The summed E-state index contributed by atoms with van der Waals surface area (Å²) in [7, 11) is 0. The molecule has 2 unspecified atom stereocenters. The molecule has 2 atom stereocenters. The van der Waals surface area contributed by atoms with Crippen molar-refractivity contribution < 1.29 is 18.7 Å². The van der Waals surface area contributed by atoms with Gasteiger partial charge in [-0.15, -0.1) is 12.4 Å². The smallest absolute Gasteiger partial charge is 0.260 e. The van der Waals surface area contributed by atoms with E-state index >= 15 is 0 Å². The summed E-state index contributed by atoms with van der Waals surface area (Å²) in [5.41, 5.74) is 0. The number of benzene rings is 1. The van der Waals surface area contributed by atoms with Crippen LogP contribution in [0.15, 0.2) is 24.3 Å². The third kappa shape index (κ3) is 6.36. The molecule has 2 aliphatic rings. The fraction of sp³-hybridized carbons (Fsp3) is 0.579. The van der Waals surface area contributed by atoms with Crippen molar-refractivity contribution in [2.75, 3.05) is 32.8 Å². The fourth-order valence-corrected chi connectivity index (χ4v) is 3.53. The first kappa shape index (κ1) is 21.4. The summed E-state index contributed by atoms with van der Waals surface area (Å²) in [6, 6.07) is 5.70. The Morgan fingerprint density at radius 2 is 2.15 bits per heavy atom. The molecule has 1 aromatic carbocycles. The minimum absolute atomic E-state index is 0. The van der Waals surface area contributed by atoms with Crippen LogP contribution < -0.4 is 15.4 Å². The highest BCUT2D eigenvalue weighted by Gasteiger charge is 2.26. The normalized spacial score (nSPS) is 22.0. The van der Waals surface area contributed by atoms with E-state index in [0.717, 1.165) is 32.2 Å². The van der Waals surface area contributed by atoms with Gasteiger partial charge in [0.05, 0.1) is 6.04 Å². The number of hydrogen-bond acceptors (Lipinski definition) is 4. The van der Waals surface area contributed by atoms with Gasteiger partial charge in [0.15, 0.2) is 6.61 Å². The lowest BCUT2D eigenvalue weighted by Crippen LogP contribution is -2.47. The molecule has 0 spiro atoms. The summed E-state index contributed by atoms with van der Waals surface area (Å²) >= 11 is 0. The van der Waals surface area contributed by atoms with E-state index in [0.29, 0.717) is 25.4 Å². The number of likely N-dealkylation sites (tertiary alicyclic amines) is 1. The Morgan fingerprint density at radius 1 is 1.30 bits per heavy atom. The molecule has 0 radical (unpaired) electrons. The molecular formula is C19H27ClFN3O3. The topological polar surface area (TPSA) is 70.7 Å². The zero-order valence-corrected chi connectivity index (χ0v) is 16.1. The summed E-state index contributed by atoms with van der Waals surface area (Å²) < 4.78 is 18.5. The number of halogens is 2. The minimum atomic E-state index is -0.388. The van der Waals surface area contributed by atoms with Crippen LogP contribution >= 0.6 is 12.4 Å². The van der Waals surface area contributed by atoms with E-state index in [1.807, 2.05) is 0 Å². The summed E-state index contributed by atoms with van der Waals surface area (Å²) in [6.45, 7) is 2.69. The molecule has 0 aliphatic carbocycles. The van der Waals surface area contributed by atoms with Gasteiger partial charge < -0.3 is 20.3 Å². The van der Waals surface area contributed by atoms with E-state index in [-0.39, 0.29) is 48.6 Å². The zero-order valence-electron chi connectivity index (χ0n) is 15.3. The lowest BCUT2D eigenvalue weighted by Gasteiger charge is -2.33. The van der Waals surface area contributed by atoms with E-state index in [1.165, 1.54) is 12.1 Å². The lowest BCUT2D eigenvalue weighted by atomic mass is 9.97. The number of rotatable bonds is 6. The van der Waals surface area contributed by atoms with Crippen LogP contribution in [0.5, 0.6) is 5.75 Å². The number of piperidine rings is 1. The maximum Gasteiger partial charge on any atom is 0.260 e. The Labute approximate surface area is 165 Å². The molecule has 2 aliphatic heterocycles. The summed E-state index contributed by atoms with van der Waals surface area (Å²) in [4.78, 5) is 26.2. The second-order valence-electron chi connectivity index (χ2n) is 6.99. The van der Waals surface area contributed by atoms with Gasteiger partial charge in [0.1, 0.15) is 11.6 Å². The van der Waals surface area contributed by atoms with Gasteiger partial charge in [0.25, 0.3) is 5.91 Å². The predicted molar refractivity (Wildman–Crippen MR) is 102 cm³/mol. The number of carbonyl (C=O) groups is 2. The van der Waals surface area contributed by atoms with Gasteiger partial charge in [0, 0.05) is 25.7 Å². The first-order valence-electron chi connectivity index (χ1n) is 9.29. The van der Waals surface area contributed by atoms with E-state index < -0.39 is 0 Å². The van der Waals surface area contributed by atoms with Crippen LogP contribution in [0, 0.1) is 11.7 Å². The Balaban J connectivity index is 0.00000261. The largest absolute Gasteiger partial charge is 0.484 e. The molecule has 0 aromatic heterocycles. The van der Waals surface area contributed by atoms with Crippen molar-refractivity contribution in [3.63, 3.8) is 0 Å². The van der Waals surface area contributed by atoms with E-state index in [2.05, 4.69) is 10.6 Å². The third-order valence-electron chi connectivity index (χ3n) is 4.97.